The molecule has 0 bridgehead atoms. The van der Waals surface area contributed by atoms with Crippen molar-refractivity contribution in [1.82, 2.24) is 13.3 Å². The van der Waals surface area contributed by atoms with Gasteiger partial charge in [0.1, 0.15) is 6.07 Å². The zero-order chi connectivity index (χ0) is 14.0. The van der Waals surface area contributed by atoms with Crippen LogP contribution in [-0.2, 0) is 10.2 Å². The van der Waals surface area contributed by atoms with Crippen molar-refractivity contribution in [1.29, 1.82) is 5.26 Å². The minimum absolute atomic E-state index is 0.0595. The number of rotatable bonds is 3. The van der Waals surface area contributed by atoms with Crippen LogP contribution in [0.25, 0.3) is 11.4 Å². The predicted molar refractivity (Wildman–Crippen MR) is 70.4 cm³/mol. The number of nitriles is 1. The molecule has 0 spiro atoms. The van der Waals surface area contributed by atoms with E-state index in [1.807, 2.05) is 12.1 Å². The maximum Gasteiger partial charge on any atom is 0.308 e. The summed E-state index contributed by atoms with van der Waals surface area (Å²) in [5.74, 6) is 0.228. The summed E-state index contributed by atoms with van der Waals surface area (Å²) in [5.41, 5.74) is 0.693. The summed E-state index contributed by atoms with van der Waals surface area (Å²) in [6.45, 7) is 0. The molecule has 0 saturated heterocycles. The molecule has 0 aliphatic rings. The molecule has 6 nitrogen and oxygen atoms in total. The van der Waals surface area contributed by atoms with Gasteiger partial charge in [-0.25, -0.2) is 8.96 Å². The SMILES string of the molecule is CN(C)S(=O)(=O)n1cc(C#N)nc1-c1ccccc1. The van der Waals surface area contributed by atoms with Crippen molar-refractivity contribution >= 4 is 10.2 Å². The van der Waals surface area contributed by atoms with E-state index in [-0.39, 0.29) is 11.5 Å². The van der Waals surface area contributed by atoms with Crippen LogP contribution < -0.4 is 0 Å². The first-order valence-corrected chi connectivity index (χ1v) is 6.84. The normalized spacial score (nSPS) is 11.5. The molecule has 0 atom stereocenters. The Kier molecular flexibility index (Phi) is 3.38. The number of benzene rings is 1. The Hall–Kier alpha value is -2.17. The number of hydrogen-bond acceptors (Lipinski definition) is 4. The van der Waals surface area contributed by atoms with Crippen LogP contribution in [0.1, 0.15) is 5.69 Å². The molecule has 19 heavy (non-hydrogen) atoms. The molecule has 7 heteroatoms. The van der Waals surface area contributed by atoms with Gasteiger partial charge in [-0.15, -0.1) is 0 Å². The van der Waals surface area contributed by atoms with Crippen molar-refractivity contribution < 1.29 is 8.42 Å². The van der Waals surface area contributed by atoms with Crippen molar-refractivity contribution in [2.45, 2.75) is 0 Å². The van der Waals surface area contributed by atoms with E-state index in [1.165, 1.54) is 20.3 Å². The van der Waals surface area contributed by atoms with Crippen LogP contribution in [-0.4, -0.2) is 35.8 Å². The molecule has 1 aromatic heterocycles. The maximum atomic E-state index is 12.2. The van der Waals surface area contributed by atoms with Crippen LogP contribution in [0.15, 0.2) is 36.5 Å². The zero-order valence-electron chi connectivity index (χ0n) is 10.5. The fourth-order valence-corrected chi connectivity index (χ4v) is 2.50. The molecule has 0 amide bonds. The Bertz CT molecular complexity index is 727. The highest BCUT2D eigenvalue weighted by molar-refractivity contribution is 7.87. The van der Waals surface area contributed by atoms with Gasteiger partial charge in [-0.2, -0.15) is 18.0 Å². The van der Waals surface area contributed by atoms with Gasteiger partial charge in [-0.05, 0) is 0 Å². The molecular formula is C12H12N4O2S. The summed E-state index contributed by atoms with van der Waals surface area (Å²) < 4.78 is 26.5. The second-order valence-corrected chi connectivity index (χ2v) is 6.03. The quantitative estimate of drug-likeness (QED) is 0.840. The lowest BCUT2D eigenvalue weighted by Crippen LogP contribution is -2.28. The van der Waals surface area contributed by atoms with Gasteiger partial charge in [0, 0.05) is 19.7 Å². The zero-order valence-corrected chi connectivity index (χ0v) is 11.3. The smallest absolute Gasteiger partial charge is 0.216 e. The molecule has 0 aliphatic heterocycles. The van der Waals surface area contributed by atoms with E-state index in [0.717, 1.165) is 8.28 Å². The molecule has 2 aromatic rings. The number of hydrogen-bond donors (Lipinski definition) is 0. The lowest BCUT2D eigenvalue weighted by molar-refractivity contribution is 0.511. The average molecular weight is 276 g/mol. The first-order chi connectivity index (χ1) is 8.96. The monoisotopic (exact) mass is 276 g/mol. The van der Waals surface area contributed by atoms with Gasteiger partial charge < -0.3 is 0 Å². The second kappa shape index (κ2) is 4.84. The van der Waals surface area contributed by atoms with Gasteiger partial charge in [-0.1, -0.05) is 30.3 Å². The highest BCUT2D eigenvalue weighted by Crippen LogP contribution is 2.21. The summed E-state index contributed by atoms with van der Waals surface area (Å²) in [4.78, 5) is 4.04. The number of nitrogens with zero attached hydrogens (tertiary/aromatic N) is 4. The van der Waals surface area contributed by atoms with Crippen molar-refractivity contribution in [2.24, 2.45) is 0 Å². The summed E-state index contributed by atoms with van der Waals surface area (Å²) in [7, 11) is -0.855. The topological polar surface area (TPSA) is 79.0 Å². The van der Waals surface area contributed by atoms with E-state index < -0.39 is 10.2 Å². The molecule has 2 rings (SSSR count). The Morgan fingerprint density at radius 1 is 1.26 bits per heavy atom. The molecular weight excluding hydrogens is 264 g/mol. The lowest BCUT2D eigenvalue weighted by Gasteiger charge is -2.14. The van der Waals surface area contributed by atoms with Gasteiger partial charge in [0.05, 0.1) is 6.20 Å². The Morgan fingerprint density at radius 3 is 2.42 bits per heavy atom. The Morgan fingerprint density at radius 2 is 1.89 bits per heavy atom. The fraction of sp³-hybridized carbons (Fsp3) is 0.167. The van der Waals surface area contributed by atoms with Gasteiger partial charge in [0.2, 0.25) is 0 Å². The minimum Gasteiger partial charge on any atom is -0.216 e. The minimum atomic E-state index is -3.71. The summed E-state index contributed by atoms with van der Waals surface area (Å²) >= 11 is 0. The molecule has 0 N–H and O–H groups in total. The Labute approximate surface area is 111 Å². The van der Waals surface area contributed by atoms with E-state index in [0.29, 0.717) is 5.56 Å². The predicted octanol–water partition coefficient (Wildman–Crippen LogP) is 1.08. The molecule has 0 fully saturated rings. The lowest BCUT2D eigenvalue weighted by atomic mass is 10.2. The molecule has 98 valence electrons. The van der Waals surface area contributed by atoms with Crippen molar-refractivity contribution in [3.63, 3.8) is 0 Å². The molecule has 1 aromatic carbocycles. The third kappa shape index (κ3) is 2.36. The van der Waals surface area contributed by atoms with Crippen LogP contribution >= 0.6 is 0 Å². The van der Waals surface area contributed by atoms with Crippen LogP contribution in [0, 0.1) is 11.3 Å². The summed E-state index contributed by atoms with van der Waals surface area (Å²) in [5, 5.41) is 8.89. The fourth-order valence-electron chi connectivity index (χ4n) is 1.55. The Balaban J connectivity index is 2.70. The van der Waals surface area contributed by atoms with Crippen LogP contribution in [0.5, 0.6) is 0 Å². The second-order valence-electron chi connectivity index (χ2n) is 4.01. The van der Waals surface area contributed by atoms with Crippen molar-refractivity contribution in [3.05, 3.63) is 42.2 Å². The van der Waals surface area contributed by atoms with Crippen molar-refractivity contribution in [2.75, 3.05) is 14.1 Å². The van der Waals surface area contributed by atoms with Crippen LogP contribution in [0.2, 0.25) is 0 Å². The van der Waals surface area contributed by atoms with E-state index in [2.05, 4.69) is 4.98 Å². The molecule has 1 heterocycles. The number of aromatic nitrogens is 2. The standard InChI is InChI=1S/C12H12N4O2S/c1-15(2)19(17,18)16-9-11(8-13)14-12(16)10-6-4-3-5-7-10/h3-7,9H,1-2H3. The highest BCUT2D eigenvalue weighted by Gasteiger charge is 2.22. The first kappa shape index (κ1) is 13.3. The van der Waals surface area contributed by atoms with Crippen molar-refractivity contribution in [3.8, 4) is 17.5 Å². The largest absolute Gasteiger partial charge is 0.308 e. The maximum absolute atomic E-state index is 12.2. The van der Waals surface area contributed by atoms with Gasteiger partial charge in [0.15, 0.2) is 11.5 Å². The average Bonchev–Trinajstić information content (AvgIpc) is 2.84. The van der Waals surface area contributed by atoms with E-state index in [9.17, 15) is 8.42 Å². The molecule has 0 radical (unpaired) electrons. The molecule has 0 saturated carbocycles. The van der Waals surface area contributed by atoms with E-state index in [4.69, 9.17) is 5.26 Å². The third-order valence-electron chi connectivity index (χ3n) is 2.53. The van der Waals surface area contributed by atoms with Gasteiger partial charge in [-0.3, -0.25) is 0 Å². The van der Waals surface area contributed by atoms with E-state index >= 15 is 0 Å². The number of imidazole rings is 1. The summed E-state index contributed by atoms with van der Waals surface area (Å²) in [6, 6.07) is 10.7. The van der Waals surface area contributed by atoms with Crippen LogP contribution in [0.3, 0.4) is 0 Å². The summed E-state index contributed by atoms with van der Waals surface area (Å²) in [6.07, 6.45) is 1.22. The van der Waals surface area contributed by atoms with Crippen LogP contribution in [0.4, 0.5) is 0 Å². The van der Waals surface area contributed by atoms with Gasteiger partial charge >= 0.3 is 10.2 Å². The molecule has 0 aliphatic carbocycles. The third-order valence-corrected chi connectivity index (χ3v) is 4.23. The van der Waals surface area contributed by atoms with Gasteiger partial charge in [0.25, 0.3) is 0 Å². The highest BCUT2D eigenvalue weighted by atomic mass is 32.2. The first-order valence-electron chi connectivity index (χ1n) is 5.44. The van der Waals surface area contributed by atoms with E-state index in [1.54, 1.807) is 24.3 Å². The molecule has 0 unspecified atom stereocenters.